The molecular formula is C20H21F2N3O4S. The van der Waals surface area contributed by atoms with Crippen LogP contribution in [0.5, 0.6) is 0 Å². The Morgan fingerprint density at radius 1 is 1.33 bits per heavy atom. The van der Waals surface area contributed by atoms with Crippen LogP contribution in [-0.4, -0.2) is 55.9 Å². The first kappa shape index (κ1) is 22.0. The second kappa shape index (κ2) is 9.40. The number of carbonyl (C=O) groups excluding carboxylic acids is 1. The molecule has 1 saturated heterocycles. The van der Waals surface area contributed by atoms with Crippen LogP contribution in [0.1, 0.15) is 39.6 Å². The topological polar surface area (TPSA) is 104 Å². The van der Waals surface area contributed by atoms with E-state index in [1.54, 1.807) is 11.0 Å². The summed E-state index contributed by atoms with van der Waals surface area (Å²) >= 11 is 0.984. The number of carboxylic acids is 1. The lowest BCUT2D eigenvalue weighted by Gasteiger charge is -2.24. The highest BCUT2D eigenvalue weighted by Gasteiger charge is 2.39. The number of benzene rings is 1. The van der Waals surface area contributed by atoms with Crippen molar-refractivity contribution in [2.24, 2.45) is 0 Å². The molecule has 0 radical (unpaired) electrons. The van der Waals surface area contributed by atoms with Gasteiger partial charge in [0.25, 0.3) is 0 Å². The van der Waals surface area contributed by atoms with Gasteiger partial charge in [0.05, 0.1) is 6.04 Å². The van der Waals surface area contributed by atoms with E-state index in [4.69, 9.17) is 5.11 Å². The van der Waals surface area contributed by atoms with Gasteiger partial charge in [-0.25, -0.2) is 4.79 Å². The highest BCUT2D eigenvalue weighted by molar-refractivity contribution is 7.13. The highest BCUT2D eigenvalue weighted by Crippen LogP contribution is 2.32. The molecule has 0 saturated carbocycles. The van der Waals surface area contributed by atoms with Gasteiger partial charge in [0, 0.05) is 24.9 Å². The van der Waals surface area contributed by atoms with E-state index >= 15 is 0 Å². The van der Waals surface area contributed by atoms with Gasteiger partial charge in [0.1, 0.15) is 11.1 Å². The van der Waals surface area contributed by atoms with E-state index in [2.05, 4.69) is 10.2 Å². The van der Waals surface area contributed by atoms with Crippen molar-refractivity contribution in [1.29, 1.82) is 0 Å². The van der Waals surface area contributed by atoms with Crippen molar-refractivity contribution in [1.82, 2.24) is 15.1 Å². The SMILES string of the molecule is O=C(O)c1nnc(CCCN2C(=O)CCC2C=CC(O)C(F)(F)c2ccccc2)s1. The Morgan fingerprint density at radius 2 is 2.07 bits per heavy atom. The van der Waals surface area contributed by atoms with E-state index in [9.17, 15) is 23.5 Å². The Hall–Kier alpha value is -2.72. The van der Waals surface area contributed by atoms with E-state index in [-0.39, 0.29) is 22.5 Å². The number of carbonyl (C=O) groups is 2. The van der Waals surface area contributed by atoms with Crippen molar-refractivity contribution in [3.63, 3.8) is 0 Å². The number of aliphatic hydroxyl groups excluding tert-OH is 1. The van der Waals surface area contributed by atoms with Gasteiger partial charge in [-0.05, 0) is 12.8 Å². The van der Waals surface area contributed by atoms with E-state index < -0.39 is 18.0 Å². The zero-order chi connectivity index (χ0) is 21.7. The monoisotopic (exact) mass is 437 g/mol. The fraction of sp³-hybridized carbons (Fsp3) is 0.400. The number of amides is 1. The smallest absolute Gasteiger partial charge is 0.367 e. The minimum absolute atomic E-state index is 0.0857. The lowest BCUT2D eigenvalue weighted by atomic mass is 10.0. The normalized spacial score (nSPS) is 18.3. The predicted octanol–water partition coefficient (Wildman–Crippen LogP) is 2.87. The third-order valence-corrected chi connectivity index (χ3v) is 5.83. The van der Waals surface area contributed by atoms with Gasteiger partial charge in [0.2, 0.25) is 10.9 Å². The van der Waals surface area contributed by atoms with Crippen LogP contribution in [0.25, 0.3) is 0 Å². The number of likely N-dealkylation sites (tertiary alicyclic amines) is 1. The molecule has 0 aliphatic carbocycles. The summed E-state index contributed by atoms with van der Waals surface area (Å²) in [6.45, 7) is 0.376. The van der Waals surface area contributed by atoms with Crippen molar-refractivity contribution in [3.05, 3.63) is 58.1 Å². The Bertz CT molecular complexity index is 920. The van der Waals surface area contributed by atoms with Gasteiger partial charge in [-0.1, -0.05) is 53.8 Å². The van der Waals surface area contributed by atoms with Crippen molar-refractivity contribution < 1.29 is 28.6 Å². The van der Waals surface area contributed by atoms with E-state index in [1.807, 2.05) is 0 Å². The third-order valence-electron chi connectivity index (χ3n) is 4.86. The molecule has 2 unspecified atom stereocenters. The van der Waals surface area contributed by atoms with Gasteiger partial charge in [-0.15, -0.1) is 10.2 Å². The maximum Gasteiger partial charge on any atom is 0.367 e. The molecule has 0 bridgehead atoms. The standard InChI is InChI=1S/C20H21F2N3O4S/c21-20(22,13-5-2-1-3-6-13)15(26)10-8-14-9-11-17(27)25(14)12-4-7-16-23-24-18(30-16)19(28)29/h1-3,5-6,8,10,14-15,26H,4,7,9,11-12H2,(H,28,29). The summed E-state index contributed by atoms with van der Waals surface area (Å²) in [5.74, 6) is -4.66. The van der Waals surface area contributed by atoms with Crippen molar-refractivity contribution in [2.75, 3.05) is 6.54 Å². The first-order valence-corrected chi connectivity index (χ1v) is 10.3. The summed E-state index contributed by atoms with van der Waals surface area (Å²) in [4.78, 5) is 24.6. The minimum atomic E-state index is -3.44. The maximum atomic E-state index is 14.4. The van der Waals surface area contributed by atoms with Gasteiger partial charge >= 0.3 is 11.9 Å². The number of aromatic nitrogens is 2. The van der Waals surface area contributed by atoms with Crippen LogP contribution < -0.4 is 0 Å². The molecule has 1 aliphatic rings. The summed E-state index contributed by atoms with van der Waals surface area (Å²) in [6.07, 6.45) is 2.29. The largest absolute Gasteiger partial charge is 0.476 e. The second-order valence-corrected chi connectivity index (χ2v) is 7.98. The molecule has 160 valence electrons. The summed E-state index contributed by atoms with van der Waals surface area (Å²) < 4.78 is 28.8. The molecule has 1 aromatic carbocycles. The molecule has 2 heterocycles. The molecule has 1 fully saturated rings. The van der Waals surface area contributed by atoms with E-state index in [0.717, 1.165) is 17.4 Å². The number of aryl methyl sites for hydroxylation is 1. The molecular weight excluding hydrogens is 416 g/mol. The highest BCUT2D eigenvalue weighted by atomic mass is 32.1. The molecule has 2 aromatic rings. The molecule has 10 heteroatoms. The molecule has 0 spiro atoms. The van der Waals surface area contributed by atoms with Crippen LogP contribution in [0.3, 0.4) is 0 Å². The Balaban J connectivity index is 1.58. The van der Waals surface area contributed by atoms with Crippen LogP contribution in [0, 0.1) is 0 Å². The summed E-state index contributed by atoms with van der Waals surface area (Å²) in [5.41, 5.74) is -0.278. The second-order valence-electron chi connectivity index (χ2n) is 6.92. The first-order chi connectivity index (χ1) is 14.3. The lowest BCUT2D eigenvalue weighted by Crippen LogP contribution is -2.34. The molecule has 2 atom stereocenters. The first-order valence-electron chi connectivity index (χ1n) is 9.44. The Morgan fingerprint density at radius 3 is 2.73 bits per heavy atom. The van der Waals surface area contributed by atoms with Gasteiger partial charge in [0.15, 0.2) is 0 Å². The third kappa shape index (κ3) is 5.06. The minimum Gasteiger partial charge on any atom is -0.476 e. The Kier molecular flexibility index (Phi) is 6.88. The van der Waals surface area contributed by atoms with Gasteiger partial charge in [-0.3, -0.25) is 4.79 Å². The molecule has 30 heavy (non-hydrogen) atoms. The number of hydrogen-bond acceptors (Lipinski definition) is 6. The number of rotatable bonds is 9. The molecule has 1 aromatic heterocycles. The van der Waals surface area contributed by atoms with Gasteiger partial charge in [-0.2, -0.15) is 8.78 Å². The number of aromatic carboxylic acids is 1. The molecule has 1 amide bonds. The molecule has 7 nitrogen and oxygen atoms in total. The fourth-order valence-electron chi connectivity index (χ4n) is 3.27. The van der Waals surface area contributed by atoms with Crippen LogP contribution in [0.15, 0.2) is 42.5 Å². The van der Waals surface area contributed by atoms with Crippen LogP contribution in [-0.2, 0) is 17.1 Å². The van der Waals surface area contributed by atoms with Gasteiger partial charge < -0.3 is 15.1 Å². The number of carboxylic acid groups (broad SMARTS) is 1. The summed E-state index contributed by atoms with van der Waals surface area (Å²) in [5, 5.41) is 26.7. The average Bonchev–Trinajstić information content (AvgIpc) is 3.34. The van der Waals surface area contributed by atoms with Crippen molar-refractivity contribution in [2.45, 2.75) is 43.8 Å². The zero-order valence-electron chi connectivity index (χ0n) is 15.9. The Labute approximate surface area is 175 Å². The predicted molar refractivity (Wildman–Crippen MR) is 105 cm³/mol. The van der Waals surface area contributed by atoms with Crippen LogP contribution >= 0.6 is 11.3 Å². The number of halogens is 2. The number of hydrogen-bond donors (Lipinski definition) is 2. The molecule has 3 rings (SSSR count). The molecule has 1 aliphatic heterocycles. The van der Waals surface area contributed by atoms with Crippen LogP contribution in [0.2, 0.25) is 0 Å². The van der Waals surface area contributed by atoms with Crippen molar-refractivity contribution in [3.8, 4) is 0 Å². The quantitative estimate of drug-likeness (QED) is 0.585. The van der Waals surface area contributed by atoms with E-state index in [0.29, 0.717) is 37.2 Å². The number of alkyl halides is 2. The number of aliphatic hydroxyl groups is 1. The summed E-state index contributed by atoms with van der Waals surface area (Å²) in [7, 11) is 0. The zero-order valence-corrected chi connectivity index (χ0v) is 16.8. The maximum absolute atomic E-state index is 14.4. The summed E-state index contributed by atoms with van der Waals surface area (Å²) in [6, 6.07) is 6.72. The van der Waals surface area contributed by atoms with Crippen LogP contribution in [0.4, 0.5) is 8.78 Å². The van der Waals surface area contributed by atoms with E-state index in [1.165, 1.54) is 30.3 Å². The number of nitrogens with zero attached hydrogens (tertiary/aromatic N) is 3. The lowest BCUT2D eigenvalue weighted by molar-refractivity contribution is -0.128. The average molecular weight is 437 g/mol. The molecule has 2 N–H and O–H groups in total. The fourth-order valence-corrected chi connectivity index (χ4v) is 3.99. The van der Waals surface area contributed by atoms with Crippen molar-refractivity contribution >= 4 is 23.2 Å².